The van der Waals surface area contributed by atoms with Crippen LogP contribution < -0.4 is 20.1 Å². The summed E-state index contributed by atoms with van der Waals surface area (Å²) in [5.41, 5.74) is 0.784. The van der Waals surface area contributed by atoms with Crippen molar-refractivity contribution in [1.82, 2.24) is 5.32 Å². The van der Waals surface area contributed by atoms with E-state index < -0.39 is 0 Å². The van der Waals surface area contributed by atoms with Crippen LogP contribution in [0.5, 0.6) is 11.5 Å². The summed E-state index contributed by atoms with van der Waals surface area (Å²) in [6, 6.07) is 6.87. The molecule has 1 aromatic carbocycles. The van der Waals surface area contributed by atoms with Gasteiger partial charge in [-0.3, -0.25) is 9.59 Å². The number of rotatable bonds is 7. The van der Waals surface area contributed by atoms with E-state index in [2.05, 4.69) is 22.8 Å². The molecule has 1 fully saturated rings. The SMILES string of the molecule is COc1cc(C(=O)NCc2ccc(C)o2)cc(NC(=O)[C@@H]2C[C@@H]3C=C[C@H]2C3)c1OC. The minimum absolute atomic E-state index is 0.0594. The van der Waals surface area contributed by atoms with Crippen molar-refractivity contribution in [1.29, 1.82) is 0 Å². The fraction of sp³-hybridized carbons (Fsp3) is 0.391. The number of amides is 2. The maximum Gasteiger partial charge on any atom is 0.251 e. The van der Waals surface area contributed by atoms with Crippen molar-refractivity contribution in [3.8, 4) is 11.5 Å². The molecule has 2 amide bonds. The van der Waals surface area contributed by atoms with Crippen LogP contribution in [-0.4, -0.2) is 26.0 Å². The van der Waals surface area contributed by atoms with Gasteiger partial charge < -0.3 is 24.5 Å². The Labute approximate surface area is 175 Å². The lowest BCUT2D eigenvalue weighted by Gasteiger charge is -2.20. The van der Waals surface area contributed by atoms with Gasteiger partial charge in [-0.15, -0.1) is 0 Å². The van der Waals surface area contributed by atoms with Crippen molar-refractivity contribution in [2.24, 2.45) is 17.8 Å². The number of ether oxygens (including phenoxy) is 2. The lowest BCUT2D eigenvalue weighted by molar-refractivity contribution is -0.120. The number of fused-ring (bicyclic) bond motifs is 2. The third-order valence-electron chi connectivity index (χ3n) is 5.83. The number of aryl methyl sites for hydroxylation is 1. The predicted octanol–water partition coefficient (Wildman–Crippen LogP) is 3.69. The number of furan rings is 1. The van der Waals surface area contributed by atoms with Crippen LogP contribution in [0, 0.1) is 24.7 Å². The average Bonchev–Trinajstić information content (AvgIpc) is 3.48. The molecule has 1 saturated carbocycles. The molecular weight excluding hydrogens is 384 g/mol. The Hall–Kier alpha value is -3.22. The van der Waals surface area contributed by atoms with Gasteiger partial charge >= 0.3 is 0 Å². The zero-order valence-electron chi connectivity index (χ0n) is 17.4. The van der Waals surface area contributed by atoms with Gasteiger partial charge in [-0.2, -0.15) is 0 Å². The van der Waals surface area contributed by atoms with Gasteiger partial charge in [-0.25, -0.2) is 0 Å². The van der Waals surface area contributed by atoms with Crippen LogP contribution >= 0.6 is 0 Å². The summed E-state index contributed by atoms with van der Waals surface area (Å²) in [4.78, 5) is 25.6. The van der Waals surface area contributed by atoms with Crippen LogP contribution in [-0.2, 0) is 11.3 Å². The first-order valence-corrected chi connectivity index (χ1v) is 10.1. The van der Waals surface area contributed by atoms with Gasteiger partial charge in [0.25, 0.3) is 5.91 Å². The fourth-order valence-electron chi connectivity index (χ4n) is 4.35. The van der Waals surface area contributed by atoms with Crippen LogP contribution in [0.4, 0.5) is 5.69 Å². The third kappa shape index (κ3) is 3.92. The molecule has 2 N–H and O–H groups in total. The predicted molar refractivity (Wildman–Crippen MR) is 112 cm³/mol. The van der Waals surface area contributed by atoms with Crippen molar-refractivity contribution in [2.45, 2.75) is 26.3 Å². The Kier molecular flexibility index (Phi) is 5.53. The molecular formula is C23H26N2O5. The second-order valence-corrected chi connectivity index (χ2v) is 7.83. The normalized spacial score (nSPS) is 21.5. The van der Waals surface area contributed by atoms with Gasteiger partial charge in [-0.05, 0) is 55.9 Å². The molecule has 0 spiro atoms. The monoisotopic (exact) mass is 410 g/mol. The number of carbonyl (C=O) groups excluding carboxylic acids is 2. The Morgan fingerprint density at radius 2 is 1.97 bits per heavy atom. The first-order valence-electron chi connectivity index (χ1n) is 10.1. The fourth-order valence-corrected chi connectivity index (χ4v) is 4.35. The van der Waals surface area contributed by atoms with Crippen molar-refractivity contribution >= 4 is 17.5 Å². The number of hydrogen-bond donors (Lipinski definition) is 2. The Morgan fingerprint density at radius 3 is 2.57 bits per heavy atom. The summed E-state index contributed by atoms with van der Waals surface area (Å²) in [7, 11) is 3.00. The van der Waals surface area contributed by atoms with Crippen LogP contribution in [0.25, 0.3) is 0 Å². The maximum atomic E-state index is 12.9. The highest BCUT2D eigenvalue weighted by Gasteiger charge is 2.40. The van der Waals surface area contributed by atoms with E-state index in [-0.39, 0.29) is 30.2 Å². The number of benzene rings is 1. The van der Waals surface area contributed by atoms with Crippen molar-refractivity contribution < 1.29 is 23.5 Å². The first kappa shape index (κ1) is 20.1. The quantitative estimate of drug-likeness (QED) is 0.680. The van der Waals surface area contributed by atoms with Gasteiger partial charge in [-0.1, -0.05) is 12.2 Å². The second kappa shape index (κ2) is 8.26. The molecule has 3 atom stereocenters. The minimum atomic E-state index is -0.302. The summed E-state index contributed by atoms with van der Waals surface area (Å²) in [5.74, 6) is 2.57. The molecule has 2 bridgehead atoms. The molecule has 0 radical (unpaired) electrons. The van der Waals surface area contributed by atoms with E-state index >= 15 is 0 Å². The number of methoxy groups -OCH3 is 2. The summed E-state index contributed by atoms with van der Waals surface area (Å²) >= 11 is 0. The van der Waals surface area contributed by atoms with Gasteiger partial charge in [0, 0.05) is 11.5 Å². The number of carbonyl (C=O) groups is 2. The molecule has 158 valence electrons. The van der Waals surface area contributed by atoms with E-state index in [4.69, 9.17) is 13.9 Å². The van der Waals surface area contributed by atoms with Crippen LogP contribution in [0.1, 0.15) is 34.7 Å². The number of anilines is 1. The number of allylic oxidation sites excluding steroid dienone is 2. The number of hydrogen-bond acceptors (Lipinski definition) is 5. The van der Waals surface area contributed by atoms with Crippen molar-refractivity contribution in [3.05, 3.63) is 53.5 Å². The highest BCUT2D eigenvalue weighted by Crippen LogP contribution is 2.44. The van der Waals surface area contributed by atoms with Gasteiger partial charge in [0.05, 0.1) is 26.5 Å². The van der Waals surface area contributed by atoms with Gasteiger partial charge in [0.15, 0.2) is 11.5 Å². The maximum absolute atomic E-state index is 12.9. The molecule has 0 unspecified atom stereocenters. The molecule has 7 nitrogen and oxygen atoms in total. The van der Waals surface area contributed by atoms with E-state index in [9.17, 15) is 9.59 Å². The number of nitrogens with one attached hydrogen (secondary N) is 2. The third-order valence-corrected chi connectivity index (χ3v) is 5.83. The molecule has 1 aromatic heterocycles. The Bertz CT molecular complexity index is 993. The molecule has 2 aliphatic rings. The second-order valence-electron chi connectivity index (χ2n) is 7.83. The zero-order chi connectivity index (χ0) is 21.3. The largest absolute Gasteiger partial charge is 0.493 e. The lowest BCUT2D eigenvalue weighted by Crippen LogP contribution is -2.27. The van der Waals surface area contributed by atoms with Gasteiger partial charge in [0.1, 0.15) is 11.5 Å². The van der Waals surface area contributed by atoms with E-state index in [0.29, 0.717) is 34.4 Å². The summed E-state index contributed by atoms with van der Waals surface area (Å²) < 4.78 is 16.4. The highest BCUT2D eigenvalue weighted by molar-refractivity contribution is 6.00. The molecule has 0 aliphatic heterocycles. The molecule has 0 saturated heterocycles. The van der Waals surface area contributed by atoms with E-state index in [0.717, 1.165) is 18.6 Å². The summed E-state index contributed by atoms with van der Waals surface area (Å²) in [5, 5.41) is 5.78. The van der Waals surface area contributed by atoms with Crippen LogP contribution in [0.2, 0.25) is 0 Å². The average molecular weight is 410 g/mol. The summed E-state index contributed by atoms with van der Waals surface area (Å²) in [6.07, 6.45) is 6.22. The van der Waals surface area contributed by atoms with E-state index in [1.807, 2.05) is 19.1 Å². The smallest absolute Gasteiger partial charge is 0.251 e. The lowest BCUT2D eigenvalue weighted by atomic mass is 9.92. The van der Waals surface area contributed by atoms with Crippen molar-refractivity contribution in [3.63, 3.8) is 0 Å². The molecule has 7 heteroatoms. The highest BCUT2D eigenvalue weighted by atomic mass is 16.5. The molecule has 2 aliphatic carbocycles. The van der Waals surface area contributed by atoms with Crippen LogP contribution in [0.3, 0.4) is 0 Å². The van der Waals surface area contributed by atoms with Crippen LogP contribution in [0.15, 0.2) is 40.8 Å². The summed E-state index contributed by atoms with van der Waals surface area (Å²) in [6.45, 7) is 2.11. The molecule has 1 heterocycles. The topological polar surface area (TPSA) is 89.8 Å². The zero-order valence-corrected chi connectivity index (χ0v) is 17.4. The van der Waals surface area contributed by atoms with E-state index in [1.165, 1.54) is 14.2 Å². The standard InChI is InChI=1S/C23H26N2O5/c1-13-4-7-17(30-13)12-24-22(26)16-10-19(21(29-3)20(11-16)28-2)25-23(27)18-9-14-5-6-15(18)8-14/h4-7,10-11,14-15,18H,8-9,12H2,1-3H3,(H,24,26)(H,25,27)/t14-,15+,18-/m1/s1. The molecule has 2 aromatic rings. The molecule has 4 rings (SSSR count). The first-order chi connectivity index (χ1) is 14.5. The van der Waals surface area contributed by atoms with Gasteiger partial charge in [0.2, 0.25) is 5.91 Å². The Balaban J connectivity index is 1.53. The minimum Gasteiger partial charge on any atom is -0.493 e. The Morgan fingerprint density at radius 1 is 1.13 bits per heavy atom. The van der Waals surface area contributed by atoms with Crippen molar-refractivity contribution in [2.75, 3.05) is 19.5 Å². The molecule has 30 heavy (non-hydrogen) atoms. The van der Waals surface area contributed by atoms with E-state index in [1.54, 1.807) is 12.1 Å².